The highest BCUT2D eigenvalue weighted by Gasteiger charge is 2.17. The zero-order valence-corrected chi connectivity index (χ0v) is 11.5. The van der Waals surface area contributed by atoms with E-state index >= 15 is 0 Å². The summed E-state index contributed by atoms with van der Waals surface area (Å²) in [4.78, 5) is 0. The number of aryl methyl sites for hydroxylation is 1. The maximum Gasteiger partial charge on any atom is 0.0995 e. The average Bonchev–Trinajstić information content (AvgIpc) is 2.53. The van der Waals surface area contributed by atoms with Gasteiger partial charge in [0.25, 0.3) is 0 Å². The maximum atomic E-state index is 9.11. The summed E-state index contributed by atoms with van der Waals surface area (Å²) in [7, 11) is 0. The molecule has 1 aliphatic carbocycles. The zero-order chi connectivity index (χ0) is 13.8. The van der Waals surface area contributed by atoms with Crippen molar-refractivity contribution in [2.75, 3.05) is 0 Å². The van der Waals surface area contributed by atoms with Gasteiger partial charge in [0.05, 0.1) is 11.6 Å². The van der Waals surface area contributed by atoms with Gasteiger partial charge in [-0.2, -0.15) is 5.26 Å². The fourth-order valence-corrected chi connectivity index (χ4v) is 2.91. The molecular weight excluding hydrogens is 244 g/mol. The molecule has 3 rings (SSSR count). The predicted octanol–water partition coefficient (Wildman–Crippen LogP) is 3.21. The highest BCUT2D eigenvalue weighted by molar-refractivity contribution is 5.37. The summed E-state index contributed by atoms with van der Waals surface area (Å²) in [5, 5.41) is 12.7. The first-order valence-corrected chi connectivity index (χ1v) is 7.15. The van der Waals surface area contributed by atoms with Crippen molar-refractivity contribution in [3.8, 4) is 6.07 Å². The van der Waals surface area contributed by atoms with Crippen LogP contribution in [0.15, 0.2) is 48.5 Å². The van der Waals surface area contributed by atoms with E-state index in [0.29, 0.717) is 6.04 Å². The Kier molecular flexibility index (Phi) is 3.80. The minimum absolute atomic E-state index is 0.511. The first kappa shape index (κ1) is 12.9. The van der Waals surface area contributed by atoms with Crippen LogP contribution in [0.1, 0.15) is 28.7 Å². The van der Waals surface area contributed by atoms with Crippen molar-refractivity contribution in [3.63, 3.8) is 0 Å². The van der Waals surface area contributed by atoms with Crippen LogP contribution >= 0.6 is 0 Å². The third-order valence-corrected chi connectivity index (χ3v) is 4.07. The second-order valence-electron chi connectivity index (χ2n) is 5.36. The van der Waals surface area contributed by atoms with Crippen LogP contribution in [0.3, 0.4) is 0 Å². The van der Waals surface area contributed by atoms with Gasteiger partial charge in [-0.05, 0) is 42.0 Å². The number of fused-ring (bicyclic) bond motifs is 1. The minimum Gasteiger partial charge on any atom is -0.310 e. The van der Waals surface area contributed by atoms with Crippen LogP contribution in [0.4, 0.5) is 0 Å². The summed E-state index contributed by atoms with van der Waals surface area (Å²) >= 11 is 0. The summed E-state index contributed by atoms with van der Waals surface area (Å²) in [6, 6.07) is 19.3. The number of benzene rings is 2. The van der Waals surface area contributed by atoms with Crippen LogP contribution in [0.2, 0.25) is 0 Å². The van der Waals surface area contributed by atoms with E-state index in [2.05, 4.69) is 35.7 Å². The number of nitrogens with zero attached hydrogens (tertiary/aromatic N) is 1. The van der Waals surface area contributed by atoms with Crippen molar-refractivity contribution in [3.05, 3.63) is 70.8 Å². The van der Waals surface area contributed by atoms with Crippen molar-refractivity contribution in [2.45, 2.75) is 31.8 Å². The summed E-state index contributed by atoms with van der Waals surface area (Å²) in [6.45, 7) is 0.774. The quantitative estimate of drug-likeness (QED) is 0.922. The Morgan fingerprint density at radius 3 is 2.65 bits per heavy atom. The Balaban J connectivity index is 1.65. The number of hydrogen-bond acceptors (Lipinski definition) is 2. The highest BCUT2D eigenvalue weighted by Crippen LogP contribution is 2.21. The first-order chi connectivity index (χ1) is 9.86. The van der Waals surface area contributed by atoms with Crippen LogP contribution in [0, 0.1) is 11.3 Å². The van der Waals surface area contributed by atoms with Crippen LogP contribution in [0.25, 0.3) is 0 Å². The van der Waals surface area contributed by atoms with Gasteiger partial charge < -0.3 is 5.32 Å². The Morgan fingerprint density at radius 1 is 1.05 bits per heavy atom. The average molecular weight is 262 g/mol. The smallest absolute Gasteiger partial charge is 0.0995 e. The molecule has 2 aromatic rings. The van der Waals surface area contributed by atoms with Gasteiger partial charge in [0.15, 0.2) is 0 Å². The summed E-state index contributed by atoms with van der Waals surface area (Å²) in [5.74, 6) is 0. The molecule has 1 aliphatic rings. The monoisotopic (exact) mass is 262 g/mol. The van der Waals surface area contributed by atoms with E-state index in [4.69, 9.17) is 5.26 Å². The van der Waals surface area contributed by atoms with Gasteiger partial charge in [-0.1, -0.05) is 42.5 Å². The van der Waals surface area contributed by atoms with E-state index in [0.717, 1.165) is 30.5 Å². The Labute approximate surface area is 120 Å². The standard InChI is InChI=1S/C18H18N2/c19-12-16-7-3-4-8-17(16)13-20-18-10-9-14-5-1-2-6-15(14)11-18/h1-8,18,20H,9-11,13H2. The molecule has 0 spiro atoms. The molecule has 0 heterocycles. The molecule has 2 heteroatoms. The third kappa shape index (κ3) is 2.74. The maximum absolute atomic E-state index is 9.11. The summed E-state index contributed by atoms with van der Waals surface area (Å²) < 4.78 is 0. The van der Waals surface area contributed by atoms with Gasteiger partial charge in [0.1, 0.15) is 0 Å². The van der Waals surface area contributed by atoms with Crippen molar-refractivity contribution >= 4 is 0 Å². The molecule has 0 bridgehead atoms. The number of nitriles is 1. The fourth-order valence-electron chi connectivity index (χ4n) is 2.91. The van der Waals surface area contributed by atoms with Crippen LogP contribution in [-0.4, -0.2) is 6.04 Å². The topological polar surface area (TPSA) is 35.8 Å². The lowest BCUT2D eigenvalue weighted by atomic mass is 9.88. The normalized spacial score (nSPS) is 17.2. The summed E-state index contributed by atoms with van der Waals surface area (Å²) in [5.41, 5.74) is 4.82. The molecule has 20 heavy (non-hydrogen) atoms. The largest absolute Gasteiger partial charge is 0.310 e. The van der Waals surface area contributed by atoms with Gasteiger partial charge in [-0.15, -0.1) is 0 Å². The van der Waals surface area contributed by atoms with Crippen LogP contribution < -0.4 is 5.32 Å². The molecule has 0 radical (unpaired) electrons. The van der Waals surface area contributed by atoms with E-state index in [1.54, 1.807) is 0 Å². The van der Waals surface area contributed by atoms with Gasteiger partial charge >= 0.3 is 0 Å². The molecule has 0 saturated heterocycles. The lowest BCUT2D eigenvalue weighted by molar-refractivity contribution is 0.457. The van der Waals surface area contributed by atoms with Gasteiger partial charge in [-0.3, -0.25) is 0 Å². The summed E-state index contributed by atoms with van der Waals surface area (Å²) in [6.07, 6.45) is 3.41. The molecular formula is C18H18N2. The van der Waals surface area contributed by atoms with Crippen molar-refractivity contribution < 1.29 is 0 Å². The Morgan fingerprint density at radius 2 is 1.80 bits per heavy atom. The van der Waals surface area contributed by atoms with E-state index in [-0.39, 0.29) is 0 Å². The molecule has 0 saturated carbocycles. The number of nitrogens with one attached hydrogen (secondary N) is 1. The van der Waals surface area contributed by atoms with Gasteiger partial charge in [-0.25, -0.2) is 0 Å². The lowest BCUT2D eigenvalue weighted by Gasteiger charge is -2.25. The van der Waals surface area contributed by atoms with Crippen molar-refractivity contribution in [2.24, 2.45) is 0 Å². The molecule has 2 nitrogen and oxygen atoms in total. The molecule has 0 aromatic heterocycles. The SMILES string of the molecule is N#Cc1ccccc1CNC1CCc2ccccc2C1. The molecule has 1 N–H and O–H groups in total. The molecule has 2 aromatic carbocycles. The molecule has 0 amide bonds. The first-order valence-electron chi connectivity index (χ1n) is 7.15. The Hall–Kier alpha value is -2.11. The van der Waals surface area contributed by atoms with Crippen LogP contribution in [-0.2, 0) is 19.4 Å². The van der Waals surface area contributed by atoms with Crippen molar-refractivity contribution in [1.29, 1.82) is 5.26 Å². The molecule has 1 atom stereocenters. The lowest BCUT2D eigenvalue weighted by Crippen LogP contribution is -2.34. The van der Waals surface area contributed by atoms with Crippen LogP contribution in [0.5, 0.6) is 0 Å². The number of rotatable bonds is 3. The van der Waals surface area contributed by atoms with E-state index < -0.39 is 0 Å². The number of hydrogen-bond donors (Lipinski definition) is 1. The van der Waals surface area contributed by atoms with Gasteiger partial charge in [0.2, 0.25) is 0 Å². The predicted molar refractivity (Wildman–Crippen MR) is 80.3 cm³/mol. The van der Waals surface area contributed by atoms with E-state index in [1.807, 2.05) is 24.3 Å². The Bertz CT molecular complexity index is 640. The molecule has 1 unspecified atom stereocenters. The fraction of sp³-hybridized carbons (Fsp3) is 0.278. The molecule has 0 aliphatic heterocycles. The highest BCUT2D eigenvalue weighted by atomic mass is 14.9. The molecule has 0 fully saturated rings. The minimum atomic E-state index is 0.511. The second-order valence-corrected chi connectivity index (χ2v) is 5.36. The van der Waals surface area contributed by atoms with E-state index in [1.165, 1.54) is 17.5 Å². The van der Waals surface area contributed by atoms with Crippen molar-refractivity contribution in [1.82, 2.24) is 5.32 Å². The van der Waals surface area contributed by atoms with E-state index in [9.17, 15) is 0 Å². The second kappa shape index (κ2) is 5.90. The third-order valence-electron chi connectivity index (χ3n) is 4.07. The van der Waals surface area contributed by atoms with Gasteiger partial charge in [0, 0.05) is 12.6 Å². The molecule has 100 valence electrons. The zero-order valence-electron chi connectivity index (χ0n) is 11.5.